The van der Waals surface area contributed by atoms with Crippen molar-refractivity contribution in [1.29, 1.82) is 0 Å². The van der Waals surface area contributed by atoms with Crippen LogP contribution in [0.15, 0.2) is 48.9 Å². The van der Waals surface area contributed by atoms with Gasteiger partial charge in [0.05, 0.1) is 26.5 Å². The maximum Gasteiger partial charge on any atom is 0.227 e. The number of benzene rings is 2. The molecular weight excluding hydrogens is 494 g/mol. The number of fused-ring (bicyclic) bond motifs is 1. The molecule has 5 rings (SSSR count). The first kappa shape index (κ1) is 26.6. The zero-order chi connectivity index (χ0) is 27.4. The van der Waals surface area contributed by atoms with E-state index in [0.717, 1.165) is 72.8 Å². The van der Waals surface area contributed by atoms with Crippen LogP contribution in [0, 0.1) is 5.92 Å². The molecule has 1 aliphatic heterocycles. The van der Waals surface area contributed by atoms with Gasteiger partial charge in [-0.15, -0.1) is 0 Å². The topological polar surface area (TPSA) is 106 Å². The van der Waals surface area contributed by atoms with Crippen LogP contribution in [-0.2, 0) is 22.6 Å². The Kier molecular flexibility index (Phi) is 8.04. The number of nitrogens with zero attached hydrogens (tertiary/aromatic N) is 5. The number of hydrogen-bond donors (Lipinski definition) is 2. The SMILES string of the molecule is COc1c(-c2cnn(CC(C)C)c2)ccc2cnc(Nc3cc(CN4CCOCC4)cc(NC(C)=O)c3)nc12. The highest BCUT2D eigenvalue weighted by atomic mass is 16.5. The smallest absolute Gasteiger partial charge is 0.227 e. The molecule has 1 aliphatic rings. The number of anilines is 3. The molecule has 0 saturated carbocycles. The third-order valence-electron chi connectivity index (χ3n) is 6.49. The van der Waals surface area contributed by atoms with E-state index in [0.29, 0.717) is 23.1 Å². The lowest BCUT2D eigenvalue weighted by Gasteiger charge is -2.27. The van der Waals surface area contributed by atoms with Gasteiger partial charge in [0.15, 0.2) is 5.75 Å². The highest BCUT2D eigenvalue weighted by molar-refractivity contribution is 5.93. The summed E-state index contributed by atoms with van der Waals surface area (Å²) >= 11 is 0. The van der Waals surface area contributed by atoms with E-state index >= 15 is 0 Å². The van der Waals surface area contributed by atoms with Crippen LogP contribution in [-0.4, -0.2) is 64.0 Å². The Bertz CT molecular complexity index is 1460. The molecule has 2 aromatic carbocycles. The molecule has 0 radical (unpaired) electrons. The second kappa shape index (κ2) is 11.8. The normalized spacial score (nSPS) is 14.1. The van der Waals surface area contributed by atoms with E-state index in [9.17, 15) is 4.79 Å². The van der Waals surface area contributed by atoms with Crippen molar-refractivity contribution < 1.29 is 14.3 Å². The highest BCUT2D eigenvalue weighted by Gasteiger charge is 2.16. The number of rotatable bonds is 9. The van der Waals surface area contributed by atoms with Gasteiger partial charge in [-0.2, -0.15) is 5.10 Å². The summed E-state index contributed by atoms with van der Waals surface area (Å²) in [5.41, 5.74) is 5.17. The van der Waals surface area contributed by atoms with Crippen LogP contribution in [0.1, 0.15) is 26.3 Å². The van der Waals surface area contributed by atoms with E-state index in [1.165, 1.54) is 6.92 Å². The molecular formula is C29H35N7O3. The molecule has 0 aliphatic carbocycles. The maximum absolute atomic E-state index is 11.8. The summed E-state index contributed by atoms with van der Waals surface area (Å²) in [6.45, 7) is 10.6. The molecule has 0 spiro atoms. The number of morpholine rings is 1. The fourth-order valence-corrected chi connectivity index (χ4v) is 4.82. The lowest BCUT2D eigenvalue weighted by molar-refractivity contribution is -0.114. The fraction of sp³-hybridized carbons (Fsp3) is 0.379. The van der Waals surface area contributed by atoms with Gasteiger partial charge in [0.1, 0.15) is 5.52 Å². The minimum Gasteiger partial charge on any atom is -0.494 e. The van der Waals surface area contributed by atoms with Crippen molar-refractivity contribution in [2.75, 3.05) is 44.0 Å². The average molecular weight is 530 g/mol. The van der Waals surface area contributed by atoms with Crippen molar-refractivity contribution in [3.05, 3.63) is 54.5 Å². The molecule has 39 heavy (non-hydrogen) atoms. The number of methoxy groups -OCH3 is 1. The molecule has 2 aromatic heterocycles. The fourth-order valence-electron chi connectivity index (χ4n) is 4.82. The molecule has 1 saturated heterocycles. The van der Waals surface area contributed by atoms with Gasteiger partial charge in [-0.25, -0.2) is 9.97 Å². The zero-order valence-corrected chi connectivity index (χ0v) is 22.9. The number of carbonyl (C=O) groups excluding carboxylic acids is 1. The van der Waals surface area contributed by atoms with Crippen molar-refractivity contribution in [2.45, 2.75) is 33.9 Å². The number of aromatic nitrogens is 4. The first-order valence-corrected chi connectivity index (χ1v) is 13.2. The van der Waals surface area contributed by atoms with E-state index in [-0.39, 0.29) is 5.91 Å². The van der Waals surface area contributed by atoms with Gasteiger partial charge >= 0.3 is 0 Å². The molecule has 0 atom stereocenters. The number of amides is 1. The summed E-state index contributed by atoms with van der Waals surface area (Å²) < 4.78 is 13.3. The average Bonchev–Trinajstić information content (AvgIpc) is 3.35. The van der Waals surface area contributed by atoms with Gasteiger partial charge in [0, 0.05) is 73.4 Å². The molecule has 204 valence electrons. The second-order valence-corrected chi connectivity index (χ2v) is 10.2. The van der Waals surface area contributed by atoms with E-state index in [1.807, 2.05) is 41.3 Å². The number of hydrogen-bond acceptors (Lipinski definition) is 8. The monoisotopic (exact) mass is 529 g/mol. The molecule has 3 heterocycles. The Labute approximate surface area is 228 Å². The van der Waals surface area contributed by atoms with Crippen LogP contribution in [0.2, 0.25) is 0 Å². The molecule has 0 unspecified atom stereocenters. The van der Waals surface area contributed by atoms with E-state index < -0.39 is 0 Å². The van der Waals surface area contributed by atoms with Crippen LogP contribution in [0.4, 0.5) is 17.3 Å². The van der Waals surface area contributed by atoms with Gasteiger partial charge in [0.25, 0.3) is 0 Å². The Hall–Kier alpha value is -4.02. The Balaban J connectivity index is 1.46. The third-order valence-corrected chi connectivity index (χ3v) is 6.49. The van der Waals surface area contributed by atoms with Crippen LogP contribution in [0.3, 0.4) is 0 Å². The van der Waals surface area contributed by atoms with Crippen molar-refractivity contribution in [1.82, 2.24) is 24.6 Å². The van der Waals surface area contributed by atoms with Gasteiger partial charge in [0.2, 0.25) is 11.9 Å². The minimum absolute atomic E-state index is 0.125. The standard InChI is InChI=1S/C29H35N7O3/c1-19(2)16-36-18-23(15-31-36)26-6-5-22-14-30-29(34-27(22)28(26)38-4)33-25-12-21(11-24(13-25)32-20(3)37)17-35-7-9-39-10-8-35/h5-6,11-15,18-19H,7-10,16-17H2,1-4H3,(H,32,37)(H,30,33,34). The second-order valence-electron chi connectivity index (χ2n) is 10.2. The van der Waals surface area contributed by atoms with Crippen molar-refractivity contribution in [3.63, 3.8) is 0 Å². The molecule has 1 amide bonds. The van der Waals surface area contributed by atoms with Gasteiger partial charge < -0.3 is 20.1 Å². The molecule has 2 N–H and O–H groups in total. The largest absolute Gasteiger partial charge is 0.494 e. The molecule has 1 fully saturated rings. The summed E-state index contributed by atoms with van der Waals surface area (Å²) in [5.74, 6) is 1.48. The summed E-state index contributed by atoms with van der Waals surface area (Å²) in [7, 11) is 1.65. The Morgan fingerprint density at radius 3 is 2.67 bits per heavy atom. The first-order valence-electron chi connectivity index (χ1n) is 13.2. The quantitative estimate of drug-likeness (QED) is 0.322. The Morgan fingerprint density at radius 2 is 1.92 bits per heavy atom. The van der Waals surface area contributed by atoms with Crippen molar-refractivity contribution in [2.24, 2.45) is 5.92 Å². The maximum atomic E-state index is 11.8. The molecule has 0 bridgehead atoms. The summed E-state index contributed by atoms with van der Waals surface area (Å²) in [5, 5.41) is 11.6. The van der Waals surface area contributed by atoms with E-state index in [1.54, 1.807) is 13.3 Å². The Morgan fingerprint density at radius 1 is 1.13 bits per heavy atom. The van der Waals surface area contributed by atoms with Gasteiger partial charge in [-0.05, 0) is 35.7 Å². The lowest BCUT2D eigenvalue weighted by atomic mass is 10.1. The molecule has 10 nitrogen and oxygen atoms in total. The van der Waals surface area contributed by atoms with Gasteiger partial charge in [-0.1, -0.05) is 19.9 Å². The van der Waals surface area contributed by atoms with Gasteiger partial charge in [-0.3, -0.25) is 14.4 Å². The highest BCUT2D eigenvalue weighted by Crippen LogP contribution is 2.36. The molecule has 10 heteroatoms. The third kappa shape index (κ3) is 6.52. The van der Waals surface area contributed by atoms with Crippen LogP contribution in [0.25, 0.3) is 22.0 Å². The molecule has 4 aromatic rings. The number of carbonyl (C=O) groups is 1. The number of ether oxygens (including phenoxy) is 2. The van der Waals surface area contributed by atoms with Crippen LogP contribution >= 0.6 is 0 Å². The van der Waals surface area contributed by atoms with E-state index in [2.05, 4.69) is 45.5 Å². The first-order chi connectivity index (χ1) is 18.9. The van der Waals surface area contributed by atoms with Crippen LogP contribution in [0.5, 0.6) is 5.75 Å². The number of nitrogens with one attached hydrogen (secondary N) is 2. The minimum atomic E-state index is -0.125. The zero-order valence-electron chi connectivity index (χ0n) is 22.9. The summed E-state index contributed by atoms with van der Waals surface area (Å²) in [6, 6.07) is 9.95. The summed E-state index contributed by atoms with van der Waals surface area (Å²) in [4.78, 5) is 23.5. The lowest BCUT2D eigenvalue weighted by Crippen LogP contribution is -2.35. The predicted octanol–water partition coefficient (Wildman–Crippen LogP) is 4.69. The van der Waals surface area contributed by atoms with Crippen molar-refractivity contribution >= 4 is 34.1 Å². The predicted molar refractivity (Wildman–Crippen MR) is 152 cm³/mol. The van der Waals surface area contributed by atoms with Crippen LogP contribution < -0.4 is 15.4 Å². The summed E-state index contributed by atoms with van der Waals surface area (Å²) in [6.07, 6.45) is 5.68. The van der Waals surface area contributed by atoms with Crippen molar-refractivity contribution in [3.8, 4) is 16.9 Å². The van der Waals surface area contributed by atoms with E-state index in [4.69, 9.17) is 14.5 Å².